The molecule has 424 valence electrons. The quantitative estimate of drug-likeness (QED) is 0.0264. The van der Waals surface area contributed by atoms with Gasteiger partial charge in [-0.05, 0) is 122 Å². The van der Waals surface area contributed by atoms with Crippen LogP contribution in [0.1, 0.15) is 219 Å². The number of phosphoric acid groups is 1. The second kappa shape index (κ2) is 59.1. The number of unbranched alkanes of at least 4 members (excludes halogenated alkanes) is 16. The minimum atomic E-state index is -4.41. The van der Waals surface area contributed by atoms with Crippen LogP contribution < -0.4 is 5.73 Å². The molecule has 0 bridgehead atoms. The first-order valence-electron chi connectivity index (χ1n) is 29.3. The minimum absolute atomic E-state index is 0.0374. The average Bonchev–Trinajstić information content (AvgIpc) is 3.40. The van der Waals surface area contributed by atoms with Crippen molar-refractivity contribution in [1.82, 2.24) is 0 Å². The van der Waals surface area contributed by atoms with E-state index in [1.165, 1.54) is 70.6 Å². The summed E-state index contributed by atoms with van der Waals surface area (Å²) in [4.78, 5) is 35.2. The summed E-state index contributed by atoms with van der Waals surface area (Å²) < 4.78 is 33.0. The predicted molar refractivity (Wildman–Crippen MR) is 320 cm³/mol. The van der Waals surface area contributed by atoms with Gasteiger partial charge in [-0.25, -0.2) is 4.57 Å². The minimum Gasteiger partial charge on any atom is -0.462 e. The highest BCUT2D eigenvalue weighted by Gasteiger charge is 2.26. The molecular formula is C65H106NO8P. The number of esters is 2. The van der Waals surface area contributed by atoms with Gasteiger partial charge in [-0.1, -0.05) is 230 Å². The van der Waals surface area contributed by atoms with Crippen molar-refractivity contribution >= 4 is 19.8 Å². The molecule has 0 aromatic heterocycles. The first kappa shape index (κ1) is 70.9. The van der Waals surface area contributed by atoms with E-state index in [1.807, 2.05) is 0 Å². The lowest BCUT2D eigenvalue weighted by atomic mass is 10.1. The van der Waals surface area contributed by atoms with Gasteiger partial charge in [-0.2, -0.15) is 0 Å². The maximum atomic E-state index is 12.7. The zero-order valence-electron chi connectivity index (χ0n) is 47.2. The first-order chi connectivity index (χ1) is 36.8. The molecule has 0 radical (unpaired) electrons. The zero-order valence-corrected chi connectivity index (χ0v) is 48.1. The lowest BCUT2D eigenvalue weighted by Crippen LogP contribution is -2.29. The van der Waals surface area contributed by atoms with Crippen LogP contribution >= 0.6 is 7.82 Å². The fraction of sp³-hybridized carbons (Fsp3) is 0.600. The van der Waals surface area contributed by atoms with E-state index in [0.717, 1.165) is 109 Å². The van der Waals surface area contributed by atoms with E-state index in [-0.39, 0.29) is 32.6 Å². The standard InChI is InChI=1S/C65H106NO8P/c1-3-5-7-9-11-13-15-17-19-21-23-25-26-27-28-29-30-31-32-33-34-35-36-38-40-42-44-46-48-50-52-54-56-58-65(68)74-63(62-73-75(69,70)72-60-59-66)61-71-64(67)57-55-53-51-49-47-45-43-41-39-37-24-22-20-18-16-14-12-10-8-6-4-2/h5,7,11,13,16-19,22-25,27-28,30-31,33-34,36,38,42,44,48,50,63H,3-4,6,8-10,12,14-15,20-21,26,29,32,35,37,39-41,43,45-47,49,51-62,66H2,1-2H3,(H,69,70)/b7-5-,13-11-,18-16-,19-17-,24-22-,25-23-,28-27-,31-30-,34-33-,38-36-,44-42-,50-48-. The van der Waals surface area contributed by atoms with Gasteiger partial charge in [0.15, 0.2) is 6.10 Å². The van der Waals surface area contributed by atoms with E-state index in [1.54, 1.807) is 0 Å². The Labute approximate surface area is 458 Å². The Morgan fingerprint density at radius 2 is 0.733 bits per heavy atom. The molecule has 0 aliphatic rings. The number of phosphoric ester groups is 1. The number of nitrogens with two attached hydrogens (primary N) is 1. The summed E-state index contributed by atoms with van der Waals surface area (Å²) in [5.74, 6) is -0.894. The monoisotopic (exact) mass is 1060 g/mol. The molecule has 3 N–H and O–H groups in total. The molecule has 0 rings (SSSR count). The summed E-state index contributed by atoms with van der Waals surface area (Å²) in [5.41, 5.74) is 5.38. The highest BCUT2D eigenvalue weighted by atomic mass is 31.2. The van der Waals surface area contributed by atoms with Crippen LogP contribution in [-0.2, 0) is 32.7 Å². The summed E-state index contributed by atoms with van der Waals surface area (Å²) in [6.45, 7) is 3.55. The third kappa shape index (κ3) is 59.0. The van der Waals surface area contributed by atoms with E-state index >= 15 is 0 Å². The van der Waals surface area contributed by atoms with Crippen LogP contribution in [0.25, 0.3) is 0 Å². The van der Waals surface area contributed by atoms with Gasteiger partial charge in [0.1, 0.15) is 6.61 Å². The lowest BCUT2D eigenvalue weighted by Gasteiger charge is -2.19. The highest BCUT2D eigenvalue weighted by molar-refractivity contribution is 7.47. The van der Waals surface area contributed by atoms with Crippen molar-refractivity contribution in [2.75, 3.05) is 26.4 Å². The summed E-state index contributed by atoms with van der Waals surface area (Å²) in [6, 6.07) is 0. The SMILES string of the molecule is CC/C=C\C/C=C\C/C=C\C/C=C\C/C=C\C/C=C\C/C=C\C/C=C\C/C=C\C/C=C\CCCCC(=O)OC(COC(=O)CCCCCCCCCCC/C=C\C/C=C\CCCCCCC)COP(=O)(O)OCCN. The van der Waals surface area contributed by atoms with E-state index in [0.29, 0.717) is 12.8 Å². The van der Waals surface area contributed by atoms with Crippen molar-refractivity contribution in [2.24, 2.45) is 5.73 Å². The number of ether oxygens (including phenoxy) is 2. The molecule has 9 nitrogen and oxygen atoms in total. The largest absolute Gasteiger partial charge is 0.472 e. The number of carbonyl (C=O) groups is 2. The Bertz CT molecular complexity index is 1730. The van der Waals surface area contributed by atoms with Crippen LogP contribution in [0.3, 0.4) is 0 Å². The van der Waals surface area contributed by atoms with Crippen LogP contribution in [0.2, 0.25) is 0 Å². The van der Waals surface area contributed by atoms with Crippen LogP contribution in [0.4, 0.5) is 0 Å². The summed E-state index contributed by atoms with van der Waals surface area (Å²) in [5, 5.41) is 0. The summed E-state index contributed by atoms with van der Waals surface area (Å²) >= 11 is 0. The van der Waals surface area contributed by atoms with Crippen molar-refractivity contribution < 1.29 is 37.6 Å². The fourth-order valence-electron chi connectivity index (χ4n) is 7.40. The van der Waals surface area contributed by atoms with Crippen LogP contribution in [0.15, 0.2) is 146 Å². The second-order valence-electron chi connectivity index (χ2n) is 18.8. The third-order valence-corrected chi connectivity index (χ3v) is 12.7. The van der Waals surface area contributed by atoms with Gasteiger partial charge in [0.25, 0.3) is 0 Å². The number of rotatable bonds is 53. The lowest BCUT2D eigenvalue weighted by molar-refractivity contribution is -0.161. The Morgan fingerprint density at radius 1 is 0.413 bits per heavy atom. The third-order valence-electron chi connectivity index (χ3n) is 11.7. The molecule has 10 heteroatoms. The number of hydrogen-bond acceptors (Lipinski definition) is 8. The fourth-order valence-corrected chi connectivity index (χ4v) is 8.16. The van der Waals surface area contributed by atoms with Crippen molar-refractivity contribution in [3.05, 3.63) is 146 Å². The molecule has 75 heavy (non-hydrogen) atoms. The summed E-state index contributed by atoms with van der Waals surface area (Å²) in [7, 11) is -4.41. The Hall–Kier alpha value is -4.11. The van der Waals surface area contributed by atoms with E-state index in [4.69, 9.17) is 24.3 Å². The molecule has 0 fully saturated rings. The van der Waals surface area contributed by atoms with Crippen molar-refractivity contribution in [3.63, 3.8) is 0 Å². The molecule has 0 aliphatic heterocycles. The second-order valence-corrected chi connectivity index (χ2v) is 20.2. The maximum Gasteiger partial charge on any atom is 0.472 e. The molecular weight excluding hydrogens is 954 g/mol. The number of allylic oxidation sites excluding steroid dienone is 24. The smallest absolute Gasteiger partial charge is 0.462 e. The Kier molecular flexibility index (Phi) is 55.9. The molecule has 0 amide bonds. The Balaban J connectivity index is 4.14. The number of hydrogen-bond donors (Lipinski definition) is 2. The van der Waals surface area contributed by atoms with Crippen molar-refractivity contribution in [1.29, 1.82) is 0 Å². The van der Waals surface area contributed by atoms with Crippen LogP contribution in [-0.4, -0.2) is 49.3 Å². The van der Waals surface area contributed by atoms with E-state index < -0.39 is 32.5 Å². The molecule has 0 heterocycles. The van der Waals surface area contributed by atoms with Gasteiger partial charge in [0.05, 0.1) is 13.2 Å². The molecule has 0 saturated carbocycles. The predicted octanol–water partition coefficient (Wildman–Crippen LogP) is 18.7. The van der Waals surface area contributed by atoms with Crippen LogP contribution in [0.5, 0.6) is 0 Å². The van der Waals surface area contributed by atoms with Crippen LogP contribution in [0, 0.1) is 0 Å². The van der Waals surface area contributed by atoms with Gasteiger partial charge in [-0.15, -0.1) is 0 Å². The molecule has 0 aliphatic carbocycles. The molecule has 0 aromatic carbocycles. The topological polar surface area (TPSA) is 134 Å². The van der Waals surface area contributed by atoms with Gasteiger partial charge < -0.3 is 20.1 Å². The number of carbonyl (C=O) groups excluding carboxylic acids is 2. The Morgan fingerprint density at radius 3 is 1.12 bits per heavy atom. The van der Waals surface area contributed by atoms with E-state index in [2.05, 4.69) is 160 Å². The van der Waals surface area contributed by atoms with Crippen molar-refractivity contribution in [2.45, 2.75) is 225 Å². The van der Waals surface area contributed by atoms with Gasteiger partial charge in [-0.3, -0.25) is 18.6 Å². The molecule has 0 aromatic rings. The van der Waals surface area contributed by atoms with Gasteiger partial charge >= 0.3 is 19.8 Å². The zero-order chi connectivity index (χ0) is 54.5. The molecule has 2 unspecified atom stereocenters. The molecule has 2 atom stereocenters. The molecule has 0 spiro atoms. The summed E-state index contributed by atoms with van der Waals surface area (Å²) in [6.07, 6.45) is 84.7. The van der Waals surface area contributed by atoms with E-state index in [9.17, 15) is 19.0 Å². The maximum absolute atomic E-state index is 12.7. The average molecular weight is 1060 g/mol. The van der Waals surface area contributed by atoms with Gasteiger partial charge in [0.2, 0.25) is 0 Å². The first-order valence-corrected chi connectivity index (χ1v) is 30.8. The van der Waals surface area contributed by atoms with Gasteiger partial charge in [0, 0.05) is 19.4 Å². The van der Waals surface area contributed by atoms with Crippen molar-refractivity contribution in [3.8, 4) is 0 Å². The highest BCUT2D eigenvalue weighted by Crippen LogP contribution is 2.43. The normalized spacial score (nSPS) is 14.1. The molecule has 0 saturated heterocycles.